The molecular formula is C9H18N2O4S. The molecule has 16 heavy (non-hydrogen) atoms. The van der Waals surface area contributed by atoms with Gasteiger partial charge >= 0.3 is 0 Å². The summed E-state index contributed by atoms with van der Waals surface area (Å²) in [5.41, 5.74) is 0. The lowest BCUT2D eigenvalue weighted by Crippen LogP contribution is -2.28. The van der Waals surface area contributed by atoms with E-state index >= 15 is 0 Å². The quantitative estimate of drug-likeness (QED) is 0.584. The lowest BCUT2D eigenvalue weighted by atomic mass is 10.1. The van der Waals surface area contributed by atoms with Gasteiger partial charge in [-0.3, -0.25) is 4.79 Å². The van der Waals surface area contributed by atoms with E-state index in [0.29, 0.717) is 19.5 Å². The van der Waals surface area contributed by atoms with Gasteiger partial charge in [0.15, 0.2) is 0 Å². The summed E-state index contributed by atoms with van der Waals surface area (Å²) >= 11 is 0. The van der Waals surface area contributed by atoms with Crippen LogP contribution in [0.1, 0.15) is 19.3 Å². The number of primary sulfonamides is 1. The van der Waals surface area contributed by atoms with Crippen LogP contribution < -0.4 is 5.14 Å². The largest absolute Gasteiger partial charge is 0.396 e. The van der Waals surface area contributed by atoms with Gasteiger partial charge in [0.05, 0.1) is 5.75 Å². The standard InChI is InChI=1S/C9H18N2O4S/c10-16(14,15)7-8-5-9(13)11(6-8)3-1-2-4-12/h8,12H,1-7H2,(H2,10,14,15). The molecule has 3 N–H and O–H groups in total. The van der Waals surface area contributed by atoms with Gasteiger partial charge in [-0.05, 0) is 12.8 Å². The van der Waals surface area contributed by atoms with Gasteiger partial charge in [0, 0.05) is 32.0 Å². The number of carbonyl (C=O) groups excluding carboxylic acids is 1. The number of unbranched alkanes of at least 4 members (excludes halogenated alkanes) is 1. The smallest absolute Gasteiger partial charge is 0.222 e. The van der Waals surface area contributed by atoms with Crippen molar-refractivity contribution in [3.8, 4) is 0 Å². The van der Waals surface area contributed by atoms with E-state index in [1.54, 1.807) is 4.90 Å². The molecule has 1 heterocycles. The van der Waals surface area contributed by atoms with Gasteiger partial charge in [0.2, 0.25) is 15.9 Å². The van der Waals surface area contributed by atoms with E-state index in [1.165, 1.54) is 0 Å². The topological polar surface area (TPSA) is 101 Å². The van der Waals surface area contributed by atoms with Crippen LogP contribution in [0.2, 0.25) is 0 Å². The summed E-state index contributed by atoms with van der Waals surface area (Å²) in [5, 5.41) is 13.5. The zero-order chi connectivity index (χ0) is 12.2. The van der Waals surface area contributed by atoms with Crippen molar-refractivity contribution in [3.63, 3.8) is 0 Å². The number of nitrogens with zero attached hydrogens (tertiary/aromatic N) is 1. The van der Waals surface area contributed by atoms with Crippen LogP contribution in [0, 0.1) is 5.92 Å². The Morgan fingerprint density at radius 3 is 2.69 bits per heavy atom. The normalized spacial score (nSPS) is 21.8. The monoisotopic (exact) mass is 250 g/mol. The summed E-state index contributed by atoms with van der Waals surface area (Å²) in [6.07, 6.45) is 1.66. The summed E-state index contributed by atoms with van der Waals surface area (Å²) in [6, 6.07) is 0. The van der Waals surface area contributed by atoms with Crippen LogP contribution in [-0.4, -0.2) is 49.8 Å². The van der Waals surface area contributed by atoms with E-state index in [9.17, 15) is 13.2 Å². The van der Waals surface area contributed by atoms with Crippen molar-refractivity contribution in [1.82, 2.24) is 4.90 Å². The Morgan fingerprint density at radius 2 is 2.12 bits per heavy atom. The molecule has 0 aromatic heterocycles. The molecule has 0 bridgehead atoms. The second-order valence-corrected chi connectivity index (χ2v) is 5.83. The van der Waals surface area contributed by atoms with Crippen molar-refractivity contribution in [1.29, 1.82) is 0 Å². The molecule has 0 aliphatic carbocycles. The van der Waals surface area contributed by atoms with Crippen LogP contribution >= 0.6 is 0 Å². The number of rotatable bonds is 6. The van der Waals surface area contributed by atoms with Crippen LogP contribution in [0.25, 0.3) is 0 Å². The molecule has 1 atom stereocenters. The molecule has 0 spiro atoms. The van der Waals surface area contributed by atoms with Crippen LogP contribution in [0.4, 0.5) is 0 Å². The number of likely N-dealkylation sites (tertiary alicyclic amines) is 1. The molecule has 1 unspecified atom stereocenters. The Morgan fingerprint density at radius 1 is 1.44 bits per heavy atom. The molecule has 0 aromatic rings. The minimum absolute atomic E-state index is 0.0217. The molecule has 94 valence electrons. The van der Waals surface area contributed by atoms with Gasteiger partial charge in [-0.2, -0.15) is 0 Å². The predicted octanol–water partition coefficient (Wildman–Crippen LogP) is -1.10. The molecule has 1 saturated heterocycles. The highest BCUT2D eigenvalue weighted by Gasteiger charge is 2.31. The molecule has 1 amide bonds. The lowest BCUT2D eigenvalue weighted by molar-refractivity contribution is -0.127. The van der Waals surface area contributed by atoms with E-state index < -0.39 is 10.0 Å². The first-order chi connectivity index (χ1) is 7.42. The van der Waals surface area contributed by atoms with Gasteiger partial charge in [-0.15, -0.1) is 0 Å². The third kappa shape index (κ3) is 4.46. The SMILES string of the molecule is NS(=O)(=O)CC1CC(=O)N(CCCCO)C1. The summed E-state index contributed by atoms with van der Waals surface area (Å²) in [6.45, 7) is 1.16. The van der Waals surface area contributed by atoms with Crippen LogP contribution in [0.3, 0.4) is 0 Å². The van der Waals surface area contributed by atoms with E-state index in [4.69, 9.17) is 10.2 Å². The van der Waals surface area contributed by atoms with Crippen LogP contribution in [0.15, 0.2) is 0 Å². The molecule has 0 radical (unpaired) electrons. The summed E-state index contributed by atoms with van der Waals surface area (Å²) < 4.78 is 21.8. The fourth-order valence-electron chi connectivity index (χ4n) is 1.92. The average molecular weight is 250 g/mol. The van der Waals surface area contributed by atoms with Crippen molar-refractivity contribution < 1.29 is 18.3 Å². The molecule has 0 aromatic carbocycles. The fourth-order valence-corrected chi connectivity index (χ4v) is 2.81. The molecule has 1 aliphatic rings. The summed E-state index contributed by atoms with van der Waals surface area (Å²) in [5.74, 6) is -0.335. The van der Waals surface area contributed by atoms with Gasteiger partial charge < -0.3 is 10.0 Å². The number of sulfonamides is 1. The molecule has 0 saturated carbocycles. The number of aliphatic hydroxyl groups excluding tert-OH is 1. The van der Waals surface area contributed by atoms with E-state index in [0.717, 1.165) is 6.42 Å². The maximum atomic E-state index is 11.5. The lowest BCUT2D eigenvalue weighted by Gasteiger charge is -2.15. The molecule has 1 fully saturated rings. The maximum Gasteiger partial charge on any atom is 0.222 e. The van der Waals surface area contributed by atoms with Crippen molar-refractivity contribution in [2.75, 3.05) is 25.4 Å². The Hall–Kier alpha value is -0.660. The van der Waals surface area contributed by atoms with Crippen molar-refractivity contribution in [2.45, 2.75) is 19.3 Å². The van der Waals surface area contributed by atoms with Gasteiger partial charge in [0.25, 0.3) is 0 Å². The number of aliphatic hydroxyl groups is 1. The van der Waals surface area contributed by atoms with Gasteiger partial charge in [0.1, 0.15) is 0 Å². The first-order valence-corrected chi connectivity index (χ1v) is 7.03. The van der Waals surface area contributed by atoms with Gasteiger partial charge in [-0.25, -0.2) is 13.6 Å². The van der Waals surface area contributed by atoms with Crippen molar-refractivity contribution in [3.05, 3.63) is 0 Å². The van der Waals surface area contributed by atoms with Crippen LogP contribution in [-0.2, 0) is 14.8 Å². The first kappa shape index (κ1) is 13.4. The van der Waals surface area contributed by atoms with Crippen LogP contribution in [0.5, 0.6) is 0 Å². The van der Waals surface area contributed by atoms with Crippen molar-refractivity contribution in [2.24, 2.45) is 11.1 Å². The minimum atomic E-state index is -3.50. The van der Waals surface area contributed by atoms with Gasteiger partial charge in [-0.1, -0.05) is 0 Å². The number of hydrogen-bond acceptors (Lipinski definition) is 4. The first-order valence-electron chi connectivity index (χ1n) is 5.31. The highest BCUT2D eigenvalue weighted by Crippen LogP contribution is 2.19. The summed E-state index contributed by atoms with van der Waals surface area (Å²) in [4.78, 5) is 13.1. The number of hydrogen-bond donors (Lipinski definition) is 2. The Balaban J connectivity index is 2.38. The zero-order valence-electron chi connectivity index (χ0n) is 9.13. The zero-order valence-corrected chi connectivity index (χ0v) is 9.95. The van der Waals surface area contributed by atoms with E-state index in [2.05, 4.69) is 0 Å². The highest BCUT2D eigenvalue weighted by molar-refractivity contribution is 7.89. The second-order valence-electron chi connectivity index (χ2n) is 4.17. The van der Waals surface area contributed by atoms with E-state index in [-0.39, 0.29) is 30.6 Å². The predicted molar refractivity (Wildman–Crippen MR) is 59.0 cm³/mol. The minimum Gasteiger partial charge on any atom is -0.396 e. The molecular weight excluding hydrogens is 232 g/mol. The molecule has 1 aliphatic heterocycles. The van der Waals surface area contributed by atoms with E-state index in [1.807, 2.05) is 0 Å². The highest BCUT2D eigenvalue weighted by atomic mass is 32.2. The molecule has 1 rings (SSSR count). The third-order valence-electron chi connectivity index (χ3n) is 2.60. The fraction of sp³-hybridized carbons (Fsp3) is 0.889. The second kappa shape index (κ2) is 5.60. The number of nitrogens with two attached hydrogens (primary N) is 1. The Kier molecular flexibility index (Phi) is 4.69. The van der Waals surface area contributed by atoms with Crippen molar-refractivity contribution >= 4 is 15.9 Å². The number of amides is 1. The summed E-state index contributed by atoms with van der Waals surface area (Å²) in [7, 11) is -3.50. The third-order valence-corrected chi connectivity index (χ3v) is 3.53. The Bertz CT molecular complexity index is 341. The number of carbonyl (C=O) groups is 1. The average Bonchev–Trinajstić information content (AvgIpc) is 2.44. The Labute approximate surface area is 95.5 Å². The molecule has 7 heteroatoms. The maximum absolute atomic E-state index is 11.5. The molecule has 6 nitrogen and oxygen atoms in total.